The van der Waals surface area contributed by atoms with Crippen molar-refractivity contribution in [3.05, 3.63) is 41.7 Å². The molecule has 0 saturated heterocycles. The number of nitrogens with two attached hydrogens (primary N) is 1. The number of hydrogen-bond donors (Lipinski definition) is 3. The number of nitrogens with zero attached hydrogens (tertiary/aromatic N) is 1. The summed E-state index contributed by atoms with van der Waals surface area (Å²) in [6, 6.07) is 9.39. The standard InChI is InChI=1S/C14H19N3O2/c1-3-11(15)13(18)12-9(2)16-14(17-12)19-10-7-5-4-6-8-10/h4-8,11,13,18H,3,15H2,1-2H3,(H,16,17). The lowest BCUT2D eigenvalue weighted by molar-refractivity contribution is 0.139. The van der Waals surface area contributed by atoms with Crippen molar-refractivity contribution in [1.82, 2.24) is 9.97 Å². The van der Waals surface area contributed by atoms with Gasteiger partial charge in [-0.1, -0.05) is 25.1 Å². The van der Waals surface area contributed by atoms with E-state index in [1.807, 2.05) is 44.2 Å². The van der Waals surface area contributed by atoms with Gasteiger partial charge in [0.25, 0.3) is 6.01 Å². The van der Waals surface area contributed by atoms with Gasteiger partial charge in [0, 0.05) is 11.7 Å². The van der Waals surface area contributed by atoms with Gasteiger partial charge >= 0.3 is 0 Å². The third kappa shape index (κ3) is 3.13. The lowest BCUT2D eigenvalue weighted by Crippen LogP contribution is -2.28. The molecular weight excluding hydrogens is 242 g/mol. The lowest BCUT2D eigenvalue weighted by Gasteiger charge is -2.15. The fraction of sp³-hybridized carbons (Fsp3) is 0.357. The van der Waals surface area contributed by atoms with E-state index in [-0.39, 0.29) is 6.04 Å². The summed E-state index contributed by atoms with van der Waals surface area (Å²) in [6.07, 6.45) is -0.100. The highest BCUT2D eigenvalue weighted by atomic mass is 16.5. The Kier molecular flexibility index (Phi) is 4.19. The molecule has 0 radical (unpaired) electrons. The fourth-order valence-corrected chi connectivity index (χ4v) is 1.81. The van der Waals surface area contributed by atoms with Gasteiger partial charge in [0.1, 0.15) is 11.9 Å². The van der Waals surface area contributed by atoms with E-state index < -0.39 is 6.10 Å². The summed E-state index contributed by atoms with van der Waals surface area (Å²) < 4.78 is 5.58. The summed E-state index contributed by atoms with van der Waals surface area (Å²) in [6.45, 7) is 3.77. The van der Waals surface area contributed by atoms with E-state index in [4.69, 9.17) is 10.5 Å². The number of imidazole rings is 1. The first kappa shape index (κ1) is 13.6. The SMILES string of the molecule is CCC(N)C(O)c1nc(Oc2ccccc2)[nH]c1C. The number of aliphatic hydroxyl groups excluding tert-OH is 1. The first-order valence-corrected chi connectivity index (χ1v) is 6.35. The molecule has 0 saturated carbocycles. The van der Waals surface area contributed by atoms with Crippen LogP contribution < -0.4 is 10.5 Å². The largest absolute Gasteiger partial charge is 0.426 e. The molecule has 2 rings (SSSR count). The average Bonchev–Trinajstić information content (AvgIpc) is 2.79. The smallest absolute Gasteiger partial charge is 0.299 e. The topological polar surface area (TPSA) is 84.2 Å². The Bertz CT molecular complexity index is 525. The van der Waals surface area contributed by atoms with Crippen molar-refractivity contribution in [3.63, 3.8) is 0 Å². The monoisotopic (exact) mass is 261 g/mol. The van der Waals surface area contributed by atoms with Crippen LogP contribution in [0.3, 0.4) is 0 Å². The van der Waals surface area contributed by atoms with E-state index in [0.29, 0.717) is 23.9 Å². The number of aromatic amines is 1. The van der Waals surface area contributed by atoms with Crippen LogP contribution in [-0.4, -0.2) is 21.1 Å². The molecule has 1 aromatic carbocycles. The highest BCUT2D eigenvalue weighted by molar-refractivity contribution is 5.27. The molecule has 0 aliphatic rings. The maximum atomic E-state index is 10.1. The zero-order valence-electron chi connectivity index (χ0n) is 11.1. The van der Waals surface area contributed by atoms with Gasteiger partial charge in [-0.2, -0.15) is 4.98 Å². The second-order valence-electron chi connectivity index (χ2n) is 4.48. The molecule has 1 heterocycles. The molecule has 2 aromatic rings. The Balaban J connectivity index is 2.17. The van der Waals surface area contributed by atoms with Crippen LogP contribution in [0.1, 0.15) is 30.8 Å². The summed E-state index contributed by atoms with van der Waals surface area (Å²) >= 11 is 0. The van der Waals surface area contributed by atoms with Crippen molar-refractivity contribution in [2.45, 2.75) is 32.4 Å². The van der Waals surface area contributed by atoms with E-state index in [0.717, 1.165) is 5.69 Å². The van der Waals surface area contributed by atoms with Gasteiger partial charge in [0.2, 0.25) is 0 Å². The van der Waals surface area contributed by atoms with Crippen molar-refractivity contribution >= 4 is 0 Å². The molecule has 0 aliphatic heterocycles. The normalized spacial score (nSPS) is 14.1. The van der Waals surface area contributed by atoms with Crippen LogP contribution in [-0.2, 0) is 0 Å². The molecule has 1 aromatic heterocycles. The van der Waals surface area contributed by atoms with Crippen molar-refractivity contribution in [3.8, 4) is 11.8 Å². The van der Waals surface area contributed by atoms with Crippen LogP contribution in [0.15, 0.2) is 30.3 Å². The molecule has 5 nitrogen and oxygen atoms in total. The van der Waals surface area contributed by atoms with Crippen molar-refractivity contribution in [2.75, 3.05) is 0 Å². The van der Waals surface area contributed by atoms with Crippen LogP contribution in [0.4, 0.5) is 0 Å². The molecule has 102 valence electrons. The van der Waals surface area contributed by atoms with Crippen molar-refractivity contribution < 1.29 is 9.84 Å². The number of nitrogens with one attached hydrogen (secondary N) is 1. The summed E-state index contributed by atoms with van der Waals surface area (Å²) in [5.74, 6) is 0.692. The predicted octanol–water partition coefficient (Wildman–Crippen LogP) is 2.28. The quantitative estimate of drug-likeness (QED) is 0.771. The summed E-state index contributed by atoms with van der Waals surface area (Å²) in [4.78, 5) is 7.27. The van der Waals surface area contributed by atoms with Crippen LogP contribution >= 0.6 is 0 Å². The van der Waals surface area contributed by atoms with E-state index in [1.165, 1.54) is 0 Å². The number of rotatable bonds is 5. The third-order valence-electron chi connectivity index (χ3n) is 3.02. The molecule has 2 unspecified atom stereocenters. The lowest BCUT2D eigenvalue weighted by atomic mass is 10.1. The second-order valence-corrected chi connectivity index (χ2v) is 4.48. The fourth-order valence-electron chi connectivity index (χ4n) is 1.81. The molecule has 19 heavy (non-hydrogen) atoms. The second kappa shape index (κ2) is 5.86. The number of aryl methyl sites for hydroxylation is 1. The van der Waals surface area contributed by atoms with Crippen molar-refractivity contribution in [1.29, 1.82) is 0 Å². The molecule has 0 amide bonds. The zero-order valence-corrected chi connectivity index (χ0v) is 11.1. The average molecular weight is 261 g/mol. The molecular formula is C14H19N3O2. The summed E-state index contributed by atoms with van der Waals surface area (Å²) in [5.41, 5.74) is 7.14. The van der Waals surface area contributed by atoms with Gasteiger partial charge < -0.3 is 20.6 Å². The van der Waals surface area contributed by atoms with Gasteiger partial charge in [0.05, 0.1) is 5.69 Å². The number of ether oxygens (including phenoxy) is 1. The number of aliphatic hydroxyl groups is 1. The summed E-state index contributed by atoms with van der Waals surface area (Å²) in [7, 11) is 0. The molecule has 0 bridgehead atoms. The number of H-pyrrole nitrogens is 1. The number of aromatic nitrogens is 2. The molecule has 4 N–H and O–H groups in total. The van der Waals surface area contributed by atoms with E-state index in [9.17, 15) is 5.11 Å². The maximum Gasteiger partial charge on any atom is 0.299 e. The van der Waals surface area contributed by atoms with E-state index in [2.05, 4.69) is 9.97 Å². The number of para-hydroxylation sites is 1. The minimum absolute atomic E-state index is 0.327. The Labute approximate surface area is 112 Å². The minimum Gasteiger partial charge on any atom is -0.426 e. The van der Waals surface area contributed by atoms with Crippen molar-refractivity contribution in [2.24, 2.45) is 5.73 Å². The Morgan fingerprint density at radius 1 is 1.37 bits per heavy atom. The first-order chi connectivity index (χ1) is 9.11. The van der Waals surface area contributed by atoms with E-state index >= 15 is 0 Å². The van der Waals surface area contributed by atoms with Crippen LogP contribution in [0.5, 0.6) is 11.8 Å². The molecule has 5 heteroatoms. The van der Waals surface area contributed by atoms with Gasteiger partial charge in [-0.25, -0.2) is 0 Å². The van der Waals surface area contributed by atoms with Gasteiger partial charge in [0.15, 0.2) is 0 Å². The Morgan fingerprint density at radius 3 is 2.68 bits per heavy atom. The van der Waals surface area contributed by atoms with Crippen LogP contribution in [0.25, 0.3) is 0 Å². The summed E-state index contributed by atoms with van der Waals surface area (Å²) in [5, 5.41) is 10.1. The number of benzene rings is 1. The minimum atomic E-state index is -0.783. The van der Waals surface area contributed by atoms with Gasteiger partial charge in [-0.05, 0) is 25.5 Å². The Hall–Kier alpha value is -1.85. The van der Waals surface area contributed by atoms with Crippen LogP contribution in [0, 0.1) is 6.92 Å². The molecule has 0 fully saturated rings. The van der Waals surface area contributed by atoms with E-state index in [1.54, 1.807) is 0 Å². The highest BCUT2D eigenvalue weighted by Gasteiger charge is 2.21. The number of hydrogen-bond acceptors (Lipinski definition) is 4. The molecule has 2 atom stereocenters. The molecule has 0 spiro atoms. The van der Waals surface area contributed by atoms with Gasteiger partial charge in [-0.15, -0.1) is 0 Å². The molecule has 0 aliphatic carbocycles. The van der Waals surface area contributed by atoms with Crippen LogP contribution in [0.2, 0.25) is 0 Å². The predicted molar refractivity (Wildman–Crippen MR) is 73.1 cm³/mol. The van der Waals surface area contributed by atoms with Gasteiger partial charge in [-0.3, -0.25) is 0 Å². The zero-order chi connectivity index (χ0) is 13.8. The maximum absolute atomic E-state index is 10.1. The Morgan fingerprint density at radius 2 is 2.05 bits per heavy atom. The highest BCUT2D eigenvalue weighted by Crippen LogP contribution is 2.24. The third-order valence-corrected chi connectivity index (χ3v) is 3.02. The first-order valence-electron chi connectivity index (χ1n) is 6.35.